The second-order valence-corrected chi connectivity index (χ2v) is 7.77. The number of fused-ring (bicyclic) bond motifs is 1. The molecule has 1 fully saturated rings. The molecule has 0 unspecified atom stereocenters. The van der Waals surface area contributed by atoms with E-state index in [2.05, 4.69) is 21.0 Å². The molecular formula is C21H26FN5O2. The Labute approximate surface area is 169 Å². The predicted molar refractivity (Wildman–Crippen MR) is 107 cm³/mol. The standard InChI is InChI=1S/C21H26FN5O2/c22-20-17-8-9-23-10-14(17)6-7-18(20)26-21(29)15-11-24-27(12-15)13-19(28)25-16-4-2-1-3-5-16/h6-7,11-12,16,23H,1-5,8-10,13H2,(H,25,28)(H,26,29). The lowest BCUT2D eigenvalue weighted by Gasteiger charge is -2.22. The highest BCUT2D eigenvalue weighted by Gasteiger charge is 2.19. The summed E-state index contributed by atoms with van der Waals surface area (Å²) in [7, 11) is 0. The molecule has 7 nitrogen and oxygen atoms in total. The molecule has 1 aliphatic carbocycles. The molecule has 1 aliphatic heterocycles. The number of carbonyl (C=O) groups excluding carboxylic acids is 2. The summed E-state index contributed by atoms with van der Waals surface area (Å²) < 4.78 is 16.1. The first kappa shape index (κ1) is 19.6. The van der Waals surface area contributed by atoms with Crippen LogP contribution in [0.25, 0.3) is 0 Å². The zero-order valence-electron chi connectivity index (χ0n) is 16.3. The molecule has 1 aromatic carbocycles. The molecule has 1 saturated carbocycles. The summed E-state index contributed by atoms with van der Waals surface area (Å²) in [5.74, 6) is -0.936. The number of hydrogen-bond acceptors (Lipinski definition) is 4. The highest BCUT2D eigenvalue weighted by atomic mass is 19.1. The van der Waals surface area contributed by atoms with Crippen LogP contribution in [0.15, 0.2) is 24.5 Å². The summed E-state index contributed by atoms with van der Waals surface area (Å²) >= 11 is 0. The number of benzene rings is 1. The van der Waals surface area contributed by atoms with Crippen LogP contribution in [0.2, 0.25) is 0 Å². The van der Waals surface area contributed by atoms with Crippen molar-refractivity contribution in [3.63, 3.8) is 0 Å². The van der Waals surface area contributed by atoms with Gasteiger partial charge in [-0.1, -0.05) is 25.3 Å². The molecule has 3 N–H and O–H groups in total. The number of halogens is 1. The largest absolute Gasteiger partial charge is 0.352 e. The molecule has 2 aromatic rings. The Hall–Kier alpha value is -2.74. The number of amides is 2. The molecule has 2 heterocycles. The molecule has 29 heavy (non-hydrogen) atoms. The summed E-state index contributed by atoms with van der Waals surface area (Å²) in [5, 5.41) is 12.9. The molecule has 0 atom stereocenters. The number of hydrogen-bond donors (Lipinski definition) is 3. The third kappa shape index (κ3) is 4.64. The fraction of sp³-hybridized carbons (Fsp3) is 0.476. The zero-order chi connectivity index (χ0) is 20.2. The quantitative estimate of drug-likeness (QED) is 0.720. The average molecular weight is 399 g/mol. The molecule has 0 bridgehead atoms. The molecule has 2 aliphatic rings. The highest BCUT2D eigenvalue weighted by molar-refractivity contribution is 6.04. The SMILES string of the molecule is O=C(Cn1cc(C(=O)Nc2ccc3c(c2F)CCNC3)cn1)NC1CCCCC1. The van der Waals surface area contributed by atoms with Gasteiger partial charge in [0.25, 0.3) is 5.91 Å². The lowest BCUT2D eigenvalue weighted by atomic mass is 9.95. The first-order chi connectivity index (χ1) is 14.1. The fourth-order valence-electron chi connectivity index (χ4n) is 4.06. The lowest BCUT2D eigenvalue weighted by Crippen LogP contribution is -2.38. The van der Waals surface area contributed by atoms with Crippen LogP contribution in [-0.2, 0) is 24.3 Å². The number of carbonyl (C=O) groups is 2. The van der Waals surface area contributed by atoms with Gasteiger partial charge in [-0.2, -0.15) is 5.10 Å². The summed E-state index contributed by atoms with van der Waals surface area (Å²) in [5.41, 5.74) is 2.02. The van der Waals surface area contributed by atoms with Crippen LogP contribution in [0.4, 0.5) is 10.1 Å². The van der Waals surface area contributed by atoms with Crippen molar-refractivity contribution in [3.8, 4) is 0 Å². The van der Waals surface area contributed by atoms with Gasteiger partial charge in [-0.15, -0.1) is 0 Å². The Morgan fingerprint density at radius 2 is 2.07 bits per heavy atom. The summed E-state index contributed by atoms with van der Waals surface area (Å²) in [4.78, 5) is 24.7. The number of aromatic nitrogens is 2. The number of nitrogens with one attached hydrogen (secondary N) is 3. The molecule has 0 spiro atoms. The summed E-state index contributed by atoms with van der Waals surface area (Å²) in [6, 6.07) is 3.65. The van der Waals surface area contributed by atoms with Crippen LogP contribution < -0.4 is 16.0 Å². The maximum absolute atomic E-state index is 14.7. The van der Waals surface area contributed by atoms with Crippen molar-refractivity contribution in [2.45, 2.75) is 57.7 Å². The third-order valence-electron chi connectivity index (χ3n) is 5.63. The van der Waals surface area contributed by atoms with Gasteiger partial charge in [0.2, 0.25) is 5.91 Å². The number of anilines is 1. The van der Waals surface area contributed by atoms with Gasteiger partial charge in [-0.25, -0.2) is 4.39 Å². The smallest absolute Gasteiger partial charge is 0.258 e. The maximum atomic E-state index is 14.7. The van der Waals surface area contributed by atoms with Gasteiger partial charge in [0.1, 0.15) is 12.4 Å². The van der Waals surface area contributed by atoms with Crippen LogP contribution in [0.3, 0.4) is 0 Å². The molecule has 154 valence electrons. The minimum absolute atomic E-state index is 0.0595. The molecule has 8 heteroatoms. The summed E-state index contributed by atoms with van der Waals surface area (Å²) in [6.07, 6.45) is 9.05. The van der Waals surface area contributed by atoms with E-state index in [9.17, 15) is 14.0 Å². The molecule has 4 rings (SSSR count). The van der Waals surface area contributed by atoms with E-state index < -0.39 is 5.91 Å². The minimum Gasteiger partial charge on any atom is -0.352 e. The normalized spacial score (nSPS) is 16.9. The molecule has 2 amide bonds. The fourth-order valence-corrected chi connectivity index (χ4v) is 4.06. The van der Waals surface area contributed by atoms with E-state index in [4.69, 9.17) is 0 Å². The lowest BCUT2D eigenvalue weighted by molar-refractivity contribution is -0.122. The number of rotatable bonds is 5. The van der Waals surface area contributed by atoms with Crippen molar-refractivity contribution in [2.75, 3.05) is 11.9 Å². The Morgan fingerprint density at radius 3 is 2.90 bits per heavy atom. The topological polar surface area (TPSA) is 88.1 Å². The first-order valence-electron chi connectivity index (χ1n) is 10.2. The van der Waals surface area contributed by atoms with E-state index in [0.29, 0.717) is 18.5 Å². The van der Waals surface area contributed by atoms with Gasteiger partial charge in [0.15, 0.2) is 0 Å². The van der Waals surface area contributed by atoms with E-state index in [1.54, 1.807) is 6.07 Å². The van der Waals surface area contributed by atoms with Crippen LogP contribution in [0, 0.1) is 5.82 Å². The molecule has 1 aromatic heterocycles. The van der Waals surface area contributed by atoms with E-state index in [1.807, 2.05) is 6.07 Å². The Balaban J connectivity index is 1.36. The van der Waals surface area contributed by atoms with Gasteiger partial charge >= 0.3 is 0 Å². The van der Waals surface area contributed by atoms with Gasteiger partial charge in [-0.3, -0.25) is 14.3 Å². The van der Waals surface area contributed by atoms with Gasteiger partial charge in [-0.05, 0) is 43.0 Å². The Bertz CT molecular complexity index is 904. The minimum atomic E-state index is -0.447. The van der Waals surface area contributed by atoms with Crippen LogP contribution in [0.5, 0.6) is 0 Å². The van der Waals surface area contributed by atoms with Crippen LogP contribution in [-0.4, -0.2) is 34.2 Å². The van der Waals surface area contributed by atoms with E-state index in [0.717, 1.165) is 37.8 Å². The van der Waals surface area contributed by atoms with E-state index in [-0.39, 0.29) is 35.6 Å². The Kier molecular flexibility index (Phi) is 5.89. The van der Waals surface area contributed by atoms with Crippen molar-refractivity contribution in [1.82, 2.24) is 20.4 Å². The Morgan fingerprint density at radius 1 is 1.24 bits per heavy atom. The maximum Gasteiger partial charge on any atom is 0.258 e. The monoisotopic (exact) mass is 399 g/mol. The second-order valence-electron chi connectivity index (χ2n) is 7.77. The molecule has 0 saturated heterocycles. The van der Waals surface area contributed by atoms with Gasteiger partial charge < -0.3 is 16.0 Å². The molecular weight excluding hydrogens is 373 g/mol. The van der Waals surface area contributed by atoms with Crippen molar-refractivity contribution < 1.29 is 14.0 Å². The average Bonchev–Trinajstić information content (AvgIpc) is 3.19. The van der Waals surface area contributed by atoms with Gasteiger partial charge in [0.05, 0.1) is 17.4 Å². The van der Waals surface area contributed by atoms with Crippen LogP contribution in [0.1, 0.15) is 53.6 Å². The predicted octanol–water partition coefficient (Wildman–Crippen LogP) is 2.37. The van der Waals surface area contributed by atoms with Crippen molar-refractivity contribution in [1.29, 1.82) is 0 Å². The first-order valence-corrected chi connectivity index (χ1v) is 10.2. The number of nitrogens with zero attached hydrogens (tertiary/aromatic N) is 2. The van der Waals surface area contributed by atoms with E-state index in [1.165, 1.54) is 23.5 Å². The highest BCUT2D eigenvalue weighted by Crippen LogP contribution is 2.25. The van der Waals surface area contributed by atoms with Crippen molar-refractivity contribution >= 4 is 17.5 Å². The van der Waals surface area contributed by atoms with E-state index >= 15 is 0 Å². The van der Waals surface area contributed by atoms with Crippen molar-refractivity contribution in [3.05, 3.63) is 47.0 Å². The molecule has 0 radical (unpaired) electrons. The third-order valence-corrected chi connectivity index (χ3v) is 5.63. The van der Waals surface area contributed by atoms with Crippen LogP contribution >= 0.6 is 0 Å². The second kappa shape index (κ2) is 8.73. The zero-order valence-corrected chi connectivity index (χ0v) is 16.3. The van der Waals surface area contributed by atoms with Gasteiger partial charge in [0, 0.05) is 18.8 Å². The summed E-state index contributed by atoms with van der Waals surface area (Å²) in [6.45, 7) is 1.41. The van der Waals surface area contributed by atoms with Crippen molar-refractivity contribution in [2.24, 2.45) is 0 Å².